The van der Waals surface area contributed by atoms with Gasteiger partial charge in [-0.25, -0.2) is 0 Å². The Morgan fingerprint density at radius 2 is 2.00 bits per heavy atom. The van der Waals surface area contributed by atoms with Crippen LogP contribution in [0.25, 0.3) is 0 Å². The Hall–Kier alpha value is -1.10. The first kappa shape index (κ1) is 16.3. The minimum Gasteiger partial charge on any atom is -0.457 e. The highest BCUT2D eigenvalue weighted by Crippen LogP contribution is 2.24. The van der Waals surface area contributed by atoms with Crippen molar-refractivity contribution in [3.05, 3.63) is 0 Å². The molecule has 0 aromatic rings. The Morgan fingerprint density at radius 1 is 1.33 bits per heavy atom. The molecule has 0 bridgehead atoms. The molecule has 120 valence electrons. The van der Waals surface area contributed by atoms with Crippen LogP contribution in [0.3, 0.4) is 0 Å². The molecule has 0 aromatic carbocycles. The number of esters is 1. The summed E-state index contributed by atoms with van der Waals surface area (Å²) < 4.78 is 5.45. The third-order valence-corrected chi connectivity index (χ3v) is 4.43. The number of morpholine rings is 1. The van der Waals surface area contributed by atoms with Gasteiger partial charge in [0.2, 0.25) is 5.91 Å². The highest BCUT2D eigenvalue weighted by atomic mass is 16.6. The lowest BCUT2D eigenvalue weighted by Crippen LogP contribution is -2.58. The molecule has 1 atom stereocenters. The van der Waals surface area contributed by atoms with Crippen LogP contribution < -0.4 is 5.32 Å². The first-order valence-corrected chi connectivity index (χ1v) is 8.17. The molecule has 1 saturated heterocycles. The lowest BCUT2D eigenvalue weighted by Gasteiger charge is -2.41. The summed E-state index contributed by atoms with van der Waals surface area (Å²) in [6.45, 7) is 7.26. The summed E-state index contributed by atoms with van der Waals surface area (Å²) in [7, 11) is 0. The molecule has 2 rings (SSSR count). The Bertz CT molecular complexity index is 389. The summed E-state index contributed by atoms with van der Waals surface area (Å²) in [5.41, 5.74) is -0.469. The van der Waals surface area contributed by atoms with Gasteiger partial charge in [0.05, 0.1) is 6.42 Å². The maximum atomic E-state index is 12.2. The zero-order valence-corrected chi connectivity index (χ0v) is 13.5. The van der Waals surface area contributed by atoms with E-state index in [4.69, 9.17) is 4.74 Å². The van der Waals surface area contributed by atoms with Gasteiger partial charge in [-0.3, -0.25) is 14.5 Å². The monoisotopic (exact) mass is 296 g/mol. The van der Waals surface area contributed by atoms with E-state index < -0.39 is 11.6 Å². The Labute approximate surface area is 127 Å². The molecule has 1 heterocycles. The summed E-state index contributed by atoms with van der Waals surface area (Å²) in [5, 5.41) is 3.08. The lowest BCUT2D eigenvalue weighted by molar-refractivity contribution is -0.178. The molecule has 1 saturated carbocycles. The molecule has 5 nitrogen and oxygen atoms in total. The van der Waals surface area contributed by atoms with Crippen LogP contribution in [0, 0.1) is 0 Å². The van der Waals surface area contributed by atoms with Crippen LogP contribution in [0.15, 0.2) is 0 Å². The molecule has 1 N–H and O–H groups in total. The Morgan fingerprint density at radius 3 is 2.62 bits per heavy atom. The fraction of sp³-hybridized carbons (Fsp3) is 0.875. The predicted molar refractivity (Wildman–Crippen MR) is 80.8 cm³/mol. The van der Waals surface area contributed by atoms with Gasteiger partial charge in [-0.1, -0.05) is 26.2 Å². The van der Waals surface area contributed by atoms with E-state index in [1.807, 2.05) is 25.7 Å². The number of rotatable bonds is 4. The summed E-state index contributed by atoms with van der Waals surface area (Å²) in [6.07, 6.45) is 5.97. The molecule has 0 aromatic heterocycles. The number of cyclic esters (lactones) is 1. The molecule has 1 unspecified atom stereocenters. The minimum absolute atomic E-state index is 0.0259. The highest BCUT2D eigenvalue weighted by molar-refractivity contribution is 5.86. The summed E-state index contributed by atoms with van der Waals surface area (Å²) >= 11 is 0. The fourth-order valence-corrected chi connectivity index (χ4v) is 3.37. The number of carbonyl (C=O) groups is 2. The van der Waals surface area contributed by atoms with Gasteiger partial charge in [-0.05, 0) is 33.2 Å². The van der Waals surface area contributed by atoms with Crippen molar-refractivity contribution in [2.45, 2.75) is 77.0 Å². The predicted octanol–water partition coefficient (Wildman–Crippen LogP) is 1.85. The molecule has 21 heavy (non-hydrogen) atoms. The smallest absolute Gasteiger partial charge is 0.324 e. The van der Waals surface area contributed by atoms with Crippen LogP contribution in [0.5, 0.6) is 0 Å². The van der Waals surface area contributed by atoms with Crippen molar-refractivity contribution in [2.75, 3.05) is 13.1 Å². The average molecular weight is 296 g/mol. The van der Waals surface area contributed by atoms with Gasteiger partial charge in [-0.15, -0.1) is 0 Å². The Kier molecular flexibility index (Phi) is 5.25. The number of amides is 1. The van der Waals surface area contributed by atoms with Gasteiger partial charge in [0.1, 0.15) is 11.6 Å². The van der Waals surface area contributed by atoms with Crippen LogP contribution >= 0.6 is 0 Å². The summed E-state index contributed by atoms with van der Waals surface area (Å²) in [5.74, 6) is -0.297. The molecule has 5 heteroatoms. The topological polar surface area (TPSA) is 58.6 Å². The van der Waals surface area contributed by atoms with E-state index in [9.17, 15) is 9.59 Å². The highest BCUT2D eigenvalue weighted by Gasteiger charge is 2.40. The fourth-order valence-electron chi connectivity index (χ4n) is 3.37. The minimum atomic E-state index is -0.469. The quantitative estimate of drug-likeness (QED) is 0.804. The van der Waals surface area contributed by atoms with E-state index in [2.05, 4.69) is 5.32 Å². The van der Waals surface area contributed by atoms with E-state index in [0.717, 1.165) is 19.4 Å². The lowest BCUT2D eigenvalue weighted by atomic mass is 9.95. The Balaban J connectivity index is 1.90. The van der Waals surface area contributed by atoms with Crippen LogP contribution in [0.4, 0.5) is 0 Å². The van der Waals surface area contributed by atoms with Gasteiger partial charge < -0.3 is 10.1 Å². The van der Waals surface area contributed by atoms with Gasteiger partial charge in [-0.2, -0.15) is 0 Å². The molecule has 2 fully saturated rings. The molecule has 0 spiro atoms. The van der Waals surface area contributed by atoms with E-state index in [1.165, 1.54) is 19.3 Å². The normalized spacial score (nSPS) is 27.2. The second-order valence-corrected chi connectivity index (χ2v) is 6.87. The zero-order valence-electron chi connectivity index (χ0n) is 13.5. The first-order chi connectivity index (χ1) is 9.91. The van der Waals surface area contributed by atoms with Crippen molar-refractivity contribution in [2.24, 2.45) is 0 Å². The standard InChI is InChI=1S/C16H28N2O3/c1-4-18-11-16(2,3)21-15(20)13(18)10-14(19)17-12-8-6-5-7-9-12/h12-13H,4-11H2,1-3H3,(H,17,19). The number of hydrogen-bond acceptors (Lipinski definition) is 4. The number of hydrogen-bond donors (Lipinski definition) is 1. The van der Waals surface area contributed by atoms with Crippen LogP contribution in [0.2, 0.25) is 0 Å². The molecular formula is C16H28N2O3. The molecule has 1 amide bonds. The second kappa shape index (κ2) is 6.77. The molecule has 2 aliphatic rings. The summed E-state index contributed by atoms with van der Waals surface area (Å²) in [6, 6.07) is -0.149. The van der Waals surface area contributed by atoms with Gasteiger partial charge in [0.25, 0.3) is 0 Å². The second-order valence-electron chi connectivity index (χ2n) is 6.87. The number of carbonyl (C=O) groups excluding carboxylic acids is 2. The first-order valence-electron chi connectivity index (χ1n) is 8.17. The molecule has 1 aliphatic carbocycles. The van der Waals surface area contributed by atoms with E-state index in [1.54, 1.807) is 0 Å². The maximum Gasteiger partial charge on any atom is 0.324 e. The van der Waals surface area contributed by atoms with Crippen molar-refractivity contribution in [3.8, 4) is 0 Å². The van der Waals surface area contributed by atoms with E-state index in [-0.39, 0.29) is 24.3 Å². The summed E-state index contributed by atoms with van der Waals surface area (Å²) in [4.78, 5) is 26.4. The van der Waals surface area contributed by atoms with Gasteiger partial charge in [0.15, 0.2) is 0 Å². The molecular weight excluding hydrogens is 268 g/mol. The van der Waals surface area contributed by atoms with E-state index in [0.29, 0.717) is 6.54 Å². The van der Waals surface area contributed by atoms with E-state index >= 15 is 0 Å². The number of ether oxygens (including phenoxy) is 1. The van der Waals surface area contributed by atoms with Crippen LogP contribution in [-0.4, -0.2) is 47.6 Å². The van der Waals surface area contributed by atoms with Crippen molar-refractivity contribution >= 4 is 11.9 Å². The third kappa shape index (κ3) is 4.43. The average Bonchev–Trinajstić information content (AvgIpc) is 2.42. The number of nitrogens with zero attached hydrogens (tertiary/aromatic N) is 1. The number of likely N-dealkylation sites (N-methyl/N-ethyl adjacent to an activating group) is 1. The third-order valence-electron chi connectivity index (χ3n) is 4.43. The largest absolute Gasteiger partial charge is 0.457 e. The maximum absolute atomic E-state index is 12.2. The van der Waals surface area contributed by atoms with Crippen molar-refractivity contribution in [1.82, 2.24) is 10.2 Å². The van der Waals surface area contributed by atoms with Crippen LogP contribution in [0.1, 0.15) is 59.3 Å². The zero-order chi connectivity index (χ0) is 15.5. The van der Waals surface area contributed by atoms with Gasteiger partial charge in [0, 0.05) is 12.6 Å². The SMILES string of the molecule is CCN1CC(C)(C)OC(=O)C1CC(=O)NC1CCCCC1. The molecule has 1 aliphatic heterocycles. The molecule has 0 radical (unpaired) electrons. The van der Waals surface area contributed by atoms with Gasteiger partial charge >= 0.3 is 5.97 Å². The van der Waals surface area contributed by atoms with Crippen molar-refractivity contribution < 1.29 is 14.3 Å². The number of nitrogens with one attached hydrogen (secondary N) is 1. The van der Waals surface area contributed by atoms with Crippen molar-refractivity contribution in [1.29, 1.82) is 0 Å². The van der Waals surface area contributed by atoms with Crippen molar-refractivity contribution in [3.63, 3.8) is 0 Å². The van der Waals surface area contributed by atoms with Crippen LogP contribution in [-0.2, 0) is 14.3 Å².